The fourth-order valence-electron chi connectivity index (χ4n) is 3.00. The molecule has 1 heteroatoms. The van der Waals surface area contributed by atoms with E-state index in [2.05, 4.69) is 51.6 Å². The summed E-state index contributed by atoms with van der Waals surface area (Å²) in [5, 5.41) is 0. The zero-order valence-electron chi connectivity index (χ0n) is 13.9. The maximum absolute atomic E-state index is 4.75. The second-order valence-electron chi connectivity index (χ2n) is 6.96. The van der Waals surface area contributed by atoms with Gasteiger partial charge in [-0.15, -0.1) is 0 Å². The lowest BCUT2D eigenvalue weighted by Crippen LogP contribution is -2.05. The fourth-order valence-corrected chi connectivity index (χ4v) is 3.00. The standard InChI is InChI=1S/C20H29N/c1-15(2)6-5-7-17(4)12-18-13-20(21-14-18)19-10-8-16(3)9-11-19/h8-11,15,18H,4-7,12-14H2,1-3H3. The predicted molar refractivity (Wildman–Crippen MR) is 93.1 cm³/mol. The first-order chi connectivity index (χ1) is 10.0. The number of nitrogens with zero attached hydrogens (tertiary/aromatic N) is 1. The molecular formula is C20H29N. The minimum Gasteiger partial charge on any atom is -0.289 e. The van der Waals surface area contributed by atoms with Crippen LogP contribution >= 0.6 is 0 Å². The van der Waals surface area contributed by atoms with Crippen LogP contribution in [0.4, 0.5) is 0 Å². The van der Waals surface area contributed by atoms with Crippen molar-refractivity contribution >= 4 is 5.71 Å². The molecule has 1 nitrogen and oxygen atoms in total. The molecular weight excluding hydrogens is 254 g/mol. The molecule has 0 aliphatic carbocycles. The molecule has 114 valence electrons. The molecule has 1 unspecified atom stereocenters. The van der Waals surface area contributed by atoms with E-state index in [0.29, 0.717) is 5.92 Å². The lowest BCUT2D eigenvalue weighted by atomic mass is 9.92. The number of rotatable bonds is 7. The van der Waals surface area contributed by atoms with Gasteiger partial charge >= 0.3 is 0 Å². The quantitative estimate of drug-likeness (QED) is 0.579. The SMILES string of the molecule is C=C(CCCC(C)C)CC1CN=C(c2ccc(C)cc2)C1. The molecule has 0 saturated carbocycles. The Morgan fingerprint density at radius 3 is 2.67 bits per heavy atom. The first kappa shape index (κ1) is 16.0. The highest BCUT2D eigenvalue weighted by atomic mass is 14.8. The molecule has 0 spiro atoms. The summed E-state index contributed by atoms with van der Waals surface area (Å²) in [7, 11) is 0. The van der Waals surface area contributed by atoms with Crippen molar-refractivity contribution in [3.05, 3.63) is 47.5 Å². The molecule has 21 heavy (non-hydrogen) atoms. The van der Waals surface area contributed by atoms with E-state index in [-0.39, 0.29) is 0 Å². The topological polar surface area (TPSA) is 12.4 Å². The molecule has 0 aromatic heterocycles. The normalized spacial score (nSPS) is 18.1. The van der Waals surface area contributed by atoms with Gasteiger partial charge in [0.2, 0.25) is 0 Å². The van der Waals surface area contributed by atoms with Crippen LogP contribution in [0.15, 0.2) is 41.4 Å². The van der Waals surface area contributed by atoms with E-state index in [1.54, 1.807) is 0 Å². The van der Waals surface area contributed by atoms with E-state index < -0.39 is 0 Å². The molecule has 1 heterocycles. The zero-order chi connectivity index (χ0) is 15.2. The third-order valence-corrected chi connectivity index (χ3v) is 4.30. The molecule has 0 saturated heterocycles. The van der Waals surface area contributed by atoms with Crippen molar-refractivity contribution in [1.29, 1.82) is 0 Å². The summed E-state index contributed by atoms with van der Waals surface area (Å²) < 4.78 is 0. The second kappa shape index (κ2) is 7.59. The van der Waals surface area contributed by atoms with Gasteiger partial charge in [0.25, 0.3) is 0 Å². The van der Waals surface area contributed by atoms with E-state index in [9.17, 15) is 0 Å². The van der Waals surface area contributed by atoms with Crippen LogP contribution in [0.5, 0.6) is 0 Å². The van der Waals surface area contributed by atoms with E-state index in [0.717, 1.165) is 25.3 Å². The van der Waals surface area contributed by atoms with Crippen LogP contribution in [0.1, 0.15) is 57.1 Å². The number of allylic oxidation sites excluding steroid dienone is 1. The lowest BCUT2D eigenvalue weighted by molar-refractivity contribution is 0.530. The summed E-state index contributed by atoms with van der Waals surface area (Å²) in [6, 6.07) is 8.76. The van der Waals surface area contributed by atoms with Crippen LogP contribution in [-0.2, 0) is 0 Å². The van der Waals surface area contributed by atoms with Crippen molar-refractivity contribution in [3.8, 4) is 0 Å². The molecule has 0 radical (unpaired) electrons. The van der Waals surface area contributed by atoms with Crippen LogP contribution in [-0.4, -0.2) is 12.3 Å². The summed E-state index contributed by atoms with van der Waals surface area (Å²) in [5.74, 6) is 1.48. The molecule has 0 bridgehead atoms. The van der Waals surface area contributed by atoms with Crippen LogP contribution in [0.25, 0.3) is 0 Å². The summed E-state index contributed by atoms with van der Waals surface area (Å²) in [6.07, 6.45) is 6.06. The van der Waals surface area contributed by atoms with Crippen LogP contribution in [0.3, 0.4) is 0 Å². The van der Waals surface area contributed by atoms with Gasteiger partial charge < -0.3 is 0 Å². The Kier molecular flexibility index (Phi) is 5.78. The van der Waals surface area contributed by atoms with Gasteiger partial charge in [-0.2, -0.15) is 0 Å². The van der Waals surface area contributed by atoms with Gasteiger partial charge in [0.05, 0.1) is 0 Å². The maximum Gasteiger partial charge on any atom is 0.0427 e. The molecule has 1 aromatic rings. The minimum absolute atomic E-state index is 0.674. The van der Waals surface area contributed by atoms with Crippen molar-refractivity contribution in [2.75, 3.05) is 6.54 Å². The zero-order valence-corrected chi connectivity index (χ0v) is 13.9. The molecule has 1 aromatic carbocycles. The van der Waals surface area contributed by atoms with E-state index in [1.807, 2.05) is 0 Å². The predicted octanol–water partition coefficient (Wildman–Crippen LogP) is 5.58. The number of aryl methyl sites for hydroxylation is 1. The molecule has 1 atom stereocenters. The van der Waals surface area contributed by atoms with Gasteiger partial charge in [-0.1, -0.05) is 62.2 Å². The third kappa shape index (κ3) is 5.15. The summed E-state index contributed by atoms with van der Waals surface area (Å²) in [5.41, 5.74) is 5.32. The fraction of sp³-hybridized carbons (Fsp3) is 0.550. The monoisotopic (exact) mass is 283 g/mol. The van der Waals surface area contributed by atoms with E-state index in [4.69, 9.17) is 4.99 Å². The van der Waals surface area contributed by atoms with Crippen molar-refractivity contribution in [2.45, 2.75) is 52.9 Å². The van der Waals surface area contributed by atoms with Crippen LogP contribution < -0.4 is 0 Å². The summed E-state index contributed by atoms with van der Waals surface area (Å²) in [4.78, 5) is 4.75. The molecule has 0 N–H and O–H groups in total. The highest BCUT2D eigenvalue weighted by Crippen LogP contribution is 2.26. The van der Waals surface area contributed by atoms with Gasteiger partial charge in [-0.3, -0.25) is 4.99 Å². The van der Waals surface area contributed by atoms with Crippen LogP contribution in [0, 0.1) is 18.8 Å². The smallest absolute Gasteiger partial charge is 0.0427 e. The van der Waals surface area contributed by atoms with Gasteiger partial charge in [0, 0.05) is 12.3 Å². The van der Waals surface area contributed by atoms with Crippen molar-refractivity contribution in [2.24, 2.45) is 16.8 Å². The Morgan fingerprint density at radius 1 is 1.29 bits per heavy atom. The number of hydrogen-bond acceptors (Lipinski definition) is 1. The number of hydrogen-bond donors (Lipinski definition) is 0. The average Bonchev–Trinajstić information content (AvgIpc) is 2.87. The third-order valence-electron chi connectivity index (χ3n) is 4.30. The highest BCUT2D eigenvalue weighted by Gasteiger charge is 2.20. The molecule has 0 fully saturated rings. The second-order valence-corrected chi connectivity index (χ2v) is 6.96. The van der Waals surface area contributed by atoms with Gasteiger partial charge in [-0.25, -0.2) is 0 Å². The Morgan fingerprint density at radius 2 is 2.00 bits per heavy atom. The Hall–Kier alpha value is -1.37. The molecule has 0 amide bonds. The highest BCUT2D eigenvalue weighted by molar-refractivity contribution is 6.01. The number of benzene rings is 1. The first-order valence-corrected chi connectivity index (χ1v) is 8.31. The maximum atomic E-state index is 4.75. The summed E-state index contributed by atoms with van der Waals surface area (Å²) in [6.45, 7) is 12.0. The average molecular weight is 283 g/mol. The van der Waals surface area contributed by atoms with Crippen molar-refractivity contribution < 1.29 is 0 Å². The Labute approximate surface area is 130 Å². The van der Waals surface area contributed by atoms with Crippen molar-refractivity contribution in [1.82, 2.24) is 0 Å². The van der Waals surface area contributed by atoms with Crippen LogP contribution in [0.2, 0.25) is 0 Å². The van der Waals surface area contributed by atoms with Gasteiger partial charge in [0.1, 0.15) is 0 Å². The number of aliphatic imine (C=N–C) groups is 1. The van der Waals surface area contributed by atoms with Gasteiger partial charge in [-0.05, 0) is 50.0 Å². The van der Waals surface area contributed by atoms with Crippen molar-refractivity contribution in [3.63, 3.8) is 0 Å². The molecule has 1 aliphatic rings. The summed E-state index contributed by atoms with van der Waals surface area (Å²) >= 11 is 0. The first-order valence-electron chi connectivity index (χ1n) is 8.31. The minimum atomic E-state index is 0.674. The Bertz CT molecular complexity index is 493. The molecule has 2 rings (SSSR count). The van der Waals surface area contributed by atoms with E-state index >= 15 is 0 Å². The molecule has 1 aliphatic heterocycles. The largest absolute Gasteiger partial charge is 0.289 e. The Balaban J connectivity index is 1.76. The lowest BCUT2D eigenvalue weighted by Gasteiger charge is -2.12. The van der Waals surface area contributed by atoms with E-state index in [1.165, 1.54) is 41.7 Å². The van der Waals surface area contributed by atoms with Gasteiger partial charge in [0.15, 0.2) is 0 Å².